The van der Waals surface area contributed by atoms with Crippen LogP contribution in [0.3, 0.4) is 0 Å². The van der Waals surface area contributed by atoms with Crippen LogP contribution >= 0.6 is 22.9 Å². The summed E-state index contributed by atoms with van der Waals surface area (Å²) in [5, 5.41) is 2.84. The van der Waals surface area contributed by atoms with E-state index in [4.69, 9.17) is 11.6 Å². The summed E-state index contributed by atoms with van der Waals surface area (Å²) in [5.41, 5.74) is 0.224. The second kappa shape index (κ2) is 6.31. The first-order valence-corrected chi connectivity index (χ1v) is 8.73. The highest BCUT2D eigenvalue weighted by Gasteiger charge is 2.20. The Labute approximate surface area is 132 Å². The number of hydrogen-bond donors (Lipinski definition) is 2. The molecule has 2 N–H and O–H groups in total. The van der Waals surface area contributed by atoms with E-state index < -0.39 is 15.8 Å². The van der Waals surface area contributed by atoms with Gasteiger partial charge in [-0.15, -0.1) is 11.3 Å². The Balaban J connectivity index is 2.31. The molecule has 0 bridgehead atoms. The van der Waals surface area contributed by atoms with Crippen LogP contribution in [-0.4, -0.2) is 15.5 Å². The summed E-state index contributed by atoms with van der Waals surface area (Å²) in [4.78, 5) is 1.84. The van der Waals surface area contributed by atoms with Crippen LogP contribution < -0.4 is 10.0 Å². The predicted molar refractivity (Wildman–Crippen MR) is 84.0 cm³/mol. The summed E-state index contributed by atoms with van der Waals surface area (Å²) in [7, 11) is -1.93. The van der Waals surface area contributed by atoms with Crippen LogP contribution in [0.5, 0.6) is 0 Å². The lowest BCUT2D eigenvalue weighted by molar-refractivity contribution is 0.600. The third-order valence-corrected chi connectivity index (χ3v) is 5.71. The highest BCUT2D eigenvalue weighted by Crippen LogP contribution is 2.28. The fraction of sp³-hybridized carbons (Fsp3) is 0.231. The SMILES string of the molecule is CNCc1cc(S(=O)(=O)Nc2ccc(F)c(Cl)c2)c(C)s1. The monoisotopic (exact) mass is 348 g/mol. The standard InChI is InChI=1S/C13H14ClFN2O2S2/c1-8-13(6-10(20-8)7-16-2)21(18,19)17-9-3-4-12(15)11(14)5-9/h3-6,16-17H,7H2,1-2H3. The van der Waals surface area contributed by atoms with Crippen molar-refractivity contribution >= 4 is 38.6 Å². The molecule has 114 valence electrons. The number of rotatable bonds is 5. The van der Waals surface area contributed by atoms with E-state index >= 15 is 0 Å². The molecule has 8 heteroatoms. The van der Waals surface area contributed by atoms with Crippen LogP contribution in [0.4, 0.5) is 10.1 Å². The van der Waals surface area contributed by atoms with E-state index in [0.717, 1.165) is 10.9 Å². The molecule has 1 aromatic heterocycles. The van der Waals surface area contributed by atoms with Crippen molar-refractivity contribution < 1.29 is 12.8 Å². The predicted octanol–water partition coefficient (Wildman–Crippen LogP) is 3.37. The molecule has 0 unspecified atom stereocenters. The number of nitrogens with one attached hydrogen (secondary N) is 2. The first kappa shape index (κ1) is 16.2. The van der Waals surface area contributed by atoms with Crippen LogP contribution in [0.25, 0.3) is 0 Å². The average molecular weight is 349 g/mol. The second-order valence-corrected chi connectivity index (χ2v) is 7.80. The van der Waals surface area contributed by atoms with Gasteiger partial charge in [0.2, 0.25) is 0 Å². The first-order valence-electron chi connectivity index (χ1n) is 6.05. The maximum Gasteiger partial charge on any atom is 0.263 e. The van der Waals surface area contributed by atoms with Crippen LogP contribution in [0, 0.1) is 12.7 Å². The van der Waals surface area contributed by atoms with Gasteiger partial charge >= 0.3 is 0 Å². The van der Waals surface area contributed by atoms with E-state index in [9.17, 15) is 12.8 Å². The third-order valence-electron chi connectivity index (χ3n) is 2.74. The molecule has 0 aliphatic heterocycles. The van der Waals surface area contributed by atoms with E-state index in [1.807, 2.05) is 0 Å². The molecule has 0 amide bonds. The smallest absolute Gasteiger partial charge is 0.263 e. The normalized spacial score (nSPS) is 11.6. The van der Waals surface area contributed by atoms with E-state index in [-0.39, 0.29) is 15.6 Å². The van der Waals surface area contributed by atoms with Crippen molar-refractivity contribution in [3.8, 4) is 0 Å². The van der Waals surface area contributed by atoms with Gasteiger partial charge in [0.1, 0.15) is 10.7 Å². The Morgan fingerprint density at radius 2 is 2.05 bits per heavy atom. The molecule has 4 nitrogen and oxygen atoms in total. The van der Waals surface area contributed by atoms with Crippen LogP contribution in [-0.2, 0) is 16.6 Å². The van der Waals surface area contributed by atoms with Crippen LogP contribution in [0.2, 0.25) is 5.02 Å². The molecule has 0 aliphatic rings. The Bertz CT molecular complexity index is 760. The van der Waals surface area contributed by atoms with Crippen LogP contribution in [0.15, 0.2) is 29.2 Å². The van der Waals surface area contributed by atoms with Gasteiger partial charge in [-0.2, -0.15) is 0 Å². The van der Waals surface area contributed by atoms with Crippen molar-refractivity contribution in [1.29, 1.82) is 0 Å². The fourth-order valence-electron chi connectivity index (χ4n) is 1.82. The lowest BCUT2D eigenvalue weighted by atomic mass is 10.3. The van der Waals surface area contributed by atoms with Crippen molar-refractivity contribution in [3.63, 3.8) is 0 Å². The van der Waals surface area contributed by atoms with Crippen molar-refractivity contribution in [3.05, 3.63) is 44.9 Å². The quantitative estimate of drug-likeness (QED) is 0.871. The minimum Gasteiger partial charge on any atom is -0.315 e. The molecule has 0 saturated heterocycles. The van der Waals surface area contributed by atoms with Crippen molar-refractivity contribution in [2.24, 2.45) is 0 Å². The highest BCUT2D eigenvalue weighted by atomic mass is 35.5. The Kier molecular flexibility index (Phi) is 4.88. The van der Waals surface area contributed by atoms with Gasteiger partial charge in [0.05, 0.1) is 10.7 Å². The molecule has 0 fully saturated rings. The lowest BCUT2D eigenvalue weighted by Gasteiger charge is -2.08. The van der Waals surface area contributed by atoms with Crippen molar-refractivity contribution in [2.75, 3.05) is 11.8 Å². The molecule has 2 rings (SSSR count). The van der Waals surface area contributed by atoms with Crippen LogP contribution in [0.1, 0.15) is 9.75 Å². The minimum absolute atomic E-state index is 0.131. The van der Waals surface area contributed by atoms with Crippen molar-refractivity contribution in [2.45, 2.75) is 18.4 Å². The number of anilines is 1. The molecular formula is C13H14ClFN2O2S2. The van der Waals surface area contributed by atoms with Gasteiger partial charge in [0.25, 0.3) is 10.0 Å². The first-order chi connectivity index (χ1) is 9.83. The molecule has 0 spiro atoms. The Morgan fingerprint density at radius 1 is 1.33 bits per heavy atom. The fourth-order valence-corrected chi connectivity index (χ4v) is 4.70. The molecule has 0 atom stereocenters. The highest BCUT2D eigenvalue weighted by molar-refractivity contribution is 7.93. The zero-order valence-electron chi connectivity index (χ0n) is 11.4. The van der Waals surface area contributed by atoms with Gasteiger partial charge in [-0.25, -0.2) is 12.8 Å². The number of aryl methyl sites for hydroxylation is 1. The number of thiophene rings is 1. The number of halogens is 2. The third kappa shape index (κ3) is 3.74. The molecule has 0 saturated carbocycles. The van der Waals surface area contributed by atoms with Gasteiger partial charge in [-0.3, -0.25) is 4.72 Å². The van der Waals surface area contributed by atoms with E-state index in [0.29, 0.717) is 11.4 Å². The summed E-state index contributed by atoms with van der Waals surface area (Å²) >= 11 is 7.06. The van der Waals surface area contributed by atoms with E-state index in [1.54, 1.807) is 20.0 Å². The second-order valence-electron chi connectivity index (χ2n) is 4.40. The molecule has 0 aliphatic carbocycles. The van der Waals surface area contributed by atoms with Gasteiger partial charge < -0.3 is 5.32 Å². The molecule has 2 aromatic rings. The Hall–Kier alpha value is -1.15. The largest absolute Gasteiger partial charge is 0.315 e. The molecule has 1 aromatic carbocycles. The van der Waals surface area contributed by atoms with Gasteiger partial charge in [-0.05, 0) is 38.2 Å². The van der Waals surface area contributed by atoms with Gasteiger partial charge in [-0.1, -0.05) is 11.6 Å². The zero-order valence-corrected chi connectivity index (χ0v) is 13.8. The van der Waals surface area contributed by atoms with Crippen molar-refractivity contribution in [1.82, 2.24) is 5.32 Å². The van der Waals surface area contributed by atoms with E-state index in [2.05, 4.69) is 10.0 Å². The minimum atomic E-state index is -3.72. The molecule has 21 heavy (non-hydrogen) atoms. The summed E-state index contributed by atoms with van der Waals surface area (Å²) in [6.07, 6.45) is 0. The summed E-state index contributed by atoms with van der Waals surface area (Å²) < 4.78 is 40.2. The molecule has 1 heterocycles. The maximum absolute atomic E-state index is 13.1. The average Bonchev–Trinajstić information content (AvgIpc) is 2.76. The number of hydrogen-bond acceptors (Lipinski definition) is 4. The van der Waals surface area contributed by atoms with E-state index in [1.165, 1.54) is 23.5 Å². The molecule has 0 radical (unpaired) electrons. The summed E-state index contributed by atoms with van der Waals surface area (Å²) in [6, 6.07) is 5.32. The summed E-state index contributed by atoms with van der Waals surface area (Å²) in [6.45, 7) is 2.35. The van der Waals surface area contributed by atoms with Gasteiger partial charge in [0, 0.05) is 16.3 Å². The maximum atomic E-state index is 13.1. The topological polar surface area (TPSA) is 58.2 Å². The lowest BCUT2D eigenvalue weighted by Crippen LogP contribution is -2.13. The zero-order chi connectivity index (χ0) is 15.6. The molecular weight excluding hydrogens is 335 g/mol. The summed E-state index contributed by atoms with van der Waals surface area (Å²) in [5.74, 6) is -0.595. The Morgan fingerprint density at radius 3 is 2.67 bits per heavy atom. The van der Waals surface area contributed by atoms with Gasteiger partial charge in [0.15, 0.2) is 0 Å². The number of benzene rings is 1. The number of sulfonamides is 1.